The second-order valence-electron chi connectivity index (χ2n) is 6.96. The fourth-order valence-electron chi connectivity index (χ4n) is 3.63. The molecule has 29 heavy (non-hydrogen) atoms. The number of nitrogens with two attached hydrogens (primary N) is 1. The van der Waals surface area contributed by atoms with Gasteiger partial charge in [0.1, 0.15) is 12.1 Å². The molecule has 1 fully saturated rings. The number of nitrogen functional groups attached to an aromatic ring is 1. The summed E-state index contributed by atoms with van der Waals surface area (Å²) >= 11 is 5.95. The summed E-state index contributed by atoms with van der Waals surface area (Å²) in [4.78, 5) is 22.4. The fraction of sp³-hybridized carbons (Fsp3) is 0.238. The predicted octanol–water partition coefficient (Wildman–Crippen LogP) is 3.58. The summed E-state index contributed by atoms with van der Waals surface area (Å²) in [5.74, 6) is 0.315. The van der Waals surface area contributed by atoms with E-state index in [1.807, 2.05) is 41.1 Å². The van der Waals surface area contributed by atoms with E-state index in [1.54, 1.807) is 4.90 Å². The molecule has 1 aromatic carbocycles. The number of fused-ring (bicyclic) bond motifs is 1. The lowest BCUT2D eigenvalue weighted by Crippen LogP contribution is -2.40. The Kier molecular flexibility index (Phi) is 5.31. The average Bonchev–Trinajstić information content (AvgIpc) is 3.13. The van der Waals surface area contributed by atoms with Crippen molar-refractivity contribution in [1.82, 2.24) is 24.6 Å². The van der Waals surface area contributed by atoms with Crippen LogP contribution in [0.15, 0.2) is 43.2 Å². The van der Waals surface area contributed by atoms with Crippen LogP contribution in [0.4, 0.5) is 5.82 Å². The van der Waals surface area contributed by atoms with Gasteiger partial charge in [-0.25, -0.2) is 14.6 Å². The number of anilines is 1. The van der Waals surface area contributed by atoms with Crippen LogP contribution in [-0.4, -0.2) is 43.6 Å². The molecule has 0 bridgehead atoms. The second kappa shape index (κ2) is 8.05. The molecule has 2 N–H and O–H groups in total. The molecule has 0 spiro atoms. The largest absolute Gasteiger partial charge is 0.383 e. The third-order valence-electron chi connectivity index (χ3n) is 5.08. The van der Waals surface area contributed by atoms with E-state index >= 15 is 0 Å². The van der Waals surface area contributed by atoms with Gasteiger partial charge in [-0.15, -0.1) is 0 Å². The first-order valence-corrected chi connectivity index (χ1v) is 9.78. The molecule has 8 heteroatoms. The third kappa shape index (κ3) is 3.86. The first-order valence-electron chi connectivity index (χ1n) is 9.40. The maximum Gasteiger partial charge on any atom is 0.246 e. The van der Waals surface area contributed by atoms with Crippen molar-refractivity contribution in [2.24, 2.45) is 0 Å². The van der Waals surface area contributed by atoms with E-state index in [2.05, 4.69) is 16.5 Å². The number of amides is 1. The van der Waals surface area contributed by atoms with E-state index in [1.165, 1.54) is 12.4 Å². The zero-order valence-corrected chi connectivity index (χ0v) is 16.6. The van der Waals surface area contributed by atoms with Crippen molar-refractivity contribution in [2.75, 3.05) is 18.8 Å². The molecular weight excluding hydrogens is 388 g/mol. The highest BCUT2D eigenvalue weighted by Crippen LogP contribution is 2.29. The number of likely N-dealkylation sites (tertiary alicyclic amines) is 1. The summed E-state index contributed by atoms with van der Waals surface area (Å²) in [5, 5.41) is 6.18. The fourth-order valence-corrected chi connectivity index (χ4v) is 3.75. The number of hydrogen-bond acceptors (Lipinski definition) is 5. The Morgan fingerprint density at radius 1 is 1.24 bits per heavy atom. The molecule has 0 aliphatic carbocycles. The molecule has 1 aliphatic rings. The van der Waals surface area contributed by atoms with E-state index < -0.39 is 0 Å². The van der Waals surface area contributed by atoms with Gasteiger partial charge in [0.25, 0.3) is 0 Å². The Labute approximate surface area is 173 Å². The number of hydrogen-bond donors (Lipinski definition) is 1. The van der Waals surface area contributed by atoms with Crippen molar-refractivity contribution in [3.63, 3.8) is 0 Å². The van der Waals surface area contributed by atoms with Gasteiger partial charge in [0.05, 0.1) is 17.1 Å². The van der Waals surface area contributed by atoms with Crippen LogP contribution in [0.3, 0.4) is 0 Å². The number of piperidine rings is 1. The van der Waals surface area contributed by atoms with Crippen LogP contribution in [0.1, 0.15) is 30.1 Å². The number of aromatic nitrogens is 4. The monoisotopic (exact) mass is 408 g/mol. The van der Waals surface area contributed by atoms with Gasteiger partial charge >= 0.3 is 0 Å². The summed E-state index contributed by atoms with van der Waals surface area (Å²) in [5.41, 5.74) is 8.51. The maximum absolute atomic E-state index is 12.1. The number of benzene rings is 1. The minimum atomic E-state index is -0.0665. The molecule has 7 nitrogen and oxygen atoms in total. The Hall–Kier alpha value is -3.19. The van der Waals surface area contributed by atoms with Gasteiger partial charge in [0.15, 0.2) is 5.65 Å². The number of rotatable bonds is 4. The minimum Gasteiger partial charge on any atom is -0.383 e. The quantitative estimate of drug-likeness (QED) is 0.666. The molecule has 4 rings (SSSR count). The molecule has 0 radical (unpaired) electrons. The third-order valence-corrected chi connectivity index (χ3v) is 5.33. The molecule has 3 heterocycles. The lowest BCUT2D eigenvalue weighted by atomic mass is 10.1. The van der Waals surface area contributed by atoms with E-state index in [0.29, 0.717) is 34.1 Å². The van der Waals surface area contributed by atoms with E-state index in [0.717, 1.165) is 24.9 Å². The number of halogens is 1. The summed E-state index contributed by atoms with van der Waals surface area (Å²) in [6.07, 6.45) is 8.44. The van der Waals surface area contributed by atoms with Gasteiger partial charge in [-0.3, -0.25) is 4.79 Å². The van der Waals surface area contributed by atoms with Crippen LogP contribution in [0.25, 0.3) is 23.2 Å². The molecule has 1 saturated heterocycles. The molecule has 2 aromatic heterocycles. The summed E-state index contributed by atoms with van der Waals surface area (Å²) in [6, 6.07) is 7.54. The van der Waals surface area contributed by atoms with E-state index in [9.17, 15) is 4.79 Å². The van der Waals surface area contributed by atoms with Crippen LogP contribution in [0.5, 0.6) is 0 Å². The molecule has 1 unspecified atom stereocenters. The Balaban J connectivity index is 1.72. The summed E-state index contributed by atoms with van der Waals surface area (Å²) in [6.45, 7) is 4.87. The molecule has 1 amide bonds. The second-order valence-corrected chi connectivity index (χ2v) is 7.39. The van der Waals surface area contributed by atoms with Crippen LogP contribution in [-0.2, 0) is 4.79 Å². The zero-order valence-electron chi connectivity index (χ0n) is 15.8. The SMILES string of the molecule is C=CC(=O)N1CCCC(n2nc(/C=C/c3ccc(Cl)cc3)c3c(N)ncnc32)C1. The van der Waals surface area contributed by atoms with Crippen LogP contribution in [0, 0.1) is 0 Å². The first kappa shape index (κ1) is 19.1. The number of carbonyl (C=O) groups is 1. The first-order chi connectivity index (χ1) is 14.1. The van der Waals surface area contributed by atoms with Crippen molar-refractivity contribution in [1.29, 1.82) is 0 Å². The van der Waals surface area contributed by atoms with Crippen molar-refractivity contribution in [3.05, 3.63) is 59.5 Å². The van der Waals surface area contributed by atoms with Crippen LogP contribution in [0.2, 0.25) is 5.02 Å². The molecule has 1 atom stereocenters. The highest BCUT2D eigenvalue weighted by atomic mass is 35.5. The van der Waals surface area contributed by atoms with E-state index in [-0.39, 0.29) is 11.9 Å². The average molecular weight is 409 g/mol. The molecule has 3 aromatic rings. The standard InChI is InChI=1S/C21H21ClN6O/c1-2-18(29)27-11-3-4-16(12-27)28-21-19(20(23)24-13-25-21)17(26-28)10-7-14-5-8-15(22)9-6-14/h2,5-10,13,16H,1,3-4,11-12H2,(H2,23,24,25)/b10-7+. The van der Waals surface area contributed by atoms with Gasteiger partial charge in [-0.1, -0.05) is 36.4 Å². The van der Waals surface area contributed by atoms with Crippen molar-refractivity contribution >= 4 is 46.5 Å². The van der Waals surface area contributed by atoms with Gasteiger partial charge in [0, 0.05) is 18.1 Å². The Morgan fingerprint density at radius 2 is 2.03 bits per heavy atom. The summed E-state index contributed by atoms with van der Waals surface area (Å²) in [7, 11) is 0. The van der Waals surface area contributed by atoms with Crippen molar-refractivity contribution < 1.29 is 4.79 Å². The normalized spacial score (nSPS) is 17.1. The number of nitrogens with zero attached hydrogens (tertiary/aromatic N) is 5. The van der Waals surface area contributed by atoms with Gasteiger partial charge in [-0.2, -0.15) is 5.10 Å². The molecular formula is C21H21ClN6O. The highest BCUT2D eigenvalue weighted by molar-refractivity contribution is 6.30. The predicted molar refractivity (Wildman–Crippen MR) is 115 cm³/mol. The van der Waals surface area contributed by atoms with Crippen LogP contribution < -0.4 is 5.73 Å². The molecule has 1 aliphatic heterocycles. The zero-order chi connectivity index (χ0) is 20.4. The highest BCUT2D eigenvalue weighted by Gasteiger charge is 2.27. The smallest absolute Gasteiger partial charge is 0.246 e. The van der Waals surface area contributed by atoms with Crippen molar-refractivity contribution in [2.45, 2.75) is 18.9 Å². The Bertz CT molecular complexity index is 1090. The lowest BCUT2D eigenvalue weighted by molar-refractivity contribution is -0.127. The summed E-state index contributed by atoms with van der Waals surface area (Å²) < 4.78 is 1.87. The topological polar surface area (TPSA) is 89.9 Å². The lowest BCUT2D eigenvalue weighted by Gasteiger charge is -2.32. The van der Waals surface area contributed by atoms with Gasteiger partial charge in [-0.05, 0) is 42.7 Å². The molecule has 148 valence electrons. The Morgan fingerprint density at radius 3 is 2.79 bits per heavy atom. The van der Waals surface area contributed by atoms with Crippen LogP contribution >= 0.6 is 11.6 Å². The number of carbonyl (C=O) groups excluding carboxylic acids is 1. The van der Waals surface area contributed by atoms with Gasteiger partial charge in [0.2, 0.25) is 5.91 Å². The maximum atomic E-state index is 12.1. The van der Waals surface area contributed by atoms with E-state index in [4.69, 9.17) is 22.4 Å². The van der Waals surface area contributed by atoms with Gasteiger partial charge < -0.3 is 10.6 Å². The molecule has 0 saturated carbocycles. The minimum absolute atomic E-state index is 0.0159. The van der Waals surface area contributed by atoms with Crippen molar-refractivity contribution in [3.8, 4) is 0 Å².